The Morgan fingerprint density at radius 3 is 2.32 bits per heavy atom. The second-order valence-corrected chi connectivity index (χ2v) is 9.60. The van der Waals surface area contributed by atoms with Crippen LogP contribution in [-0.4, -0.2) is 41.3 Å². The van der Waals surface area contributed by atoms with Crippen LogP contribution >= 0.6 is 0 Å². The van der Waals surface area contributed by atoms with Crippen LogP contribution < -0.4 is 19.2 Å². The van der Waals surface area contributed by atoms with E-state index in [0.717, 1.165) is 22.1 Å². The van der Waals surface area contributed by atoms with Crippen molar-refractivity contribution in [3.63, 3.8) is 0 Å². The number of halogens is 3. The number of nitrogens with zero attached hydrogens (tertiary/aromatic N) is 2. The van der Waals surface area contributed by atoms with E-state index in [4.69, 9.17) is 9.47 Å². The van der Waals surface area contributed by atoms with Gasteiger partial charge < -0.3 is 9.47 Å². The minimum absolute atomic E-state index is 0.0467. The molecule has 0 saturated carbocycles. The number of ether oxygens (including phenoxy) is 2. The average molecular weight is 536 g/mol. The molecule has 8 nitrogen and oxygen atoms in total. The minimum atomic E-state index is -4.61. The van der Waals surface area contributed by atoms with Crippen molar-refractivity contribution >= 4 is 27.8 Å². The Bertz CT molecular complexity index is 1390. The maximum Gasteiger partial charge on any atom is 0.417 e. The SMILES string of the molecule is COc1ccc(N(CC(=O)N/N=C\c2ccccc2C(F)(F)F)S(=O)(=O)c2ccc(C)cc2)c(OC)c1. The molecule has 0 aliphatic heterocycles. The van der Waals surface area contributed by atoms with Crippen molar-refractivity contribution in [3.8, 4) is 11.5 Å². The molecule has 0 fully saturated rings. The van der Waals surface area contributed by atoms with Crippen LogP contribution in [0.5, 0.6) is 11.5 Å². The molecule has 0 unspecified atom stereocenters. The van der Waals surface area contributed by atoms with Crippen LogP contribution in [0, 0.1) is 6.92 Å². The van der Waals surface area contributed by atoms with Gasteiger partial charge in [-0.15, -0.1) is 0 Å². The summed E-state index contributed by atoms with van der Waals surface area (Å²) in [6.45, 7) is 1.06. The number of methoxy groups -OCH3 is 2. The first kappa shape index (κ1) is 27.5. The number of hydrogen-bond acceptors (Lipinski definition) is 6. The molecule has 3 aromatic rings. The molecular formula is C25H24F3N3O5S. The maximum atomic E-state index is 13.5. The summed E-state index contributed by atoms with van der Waals surface area (Å²) >= 11 is 0. The molecule has 12 heteroatoms. The Morgan fingerprint density at radius 2 is 1.70 bits per heavy atom. The Labute approximate surface area is 212 Å². The van der Waals surface area contributed by atoms with E-state index in [1.807, 2.05) is 0 Å². The van der Waals surface area contributed by atoms with E-state index in [1.165, 1.54) is 62.8 Å². The van der Waals surface area contributed by atoms with E-state index in [-0.39, 0.29) is 21.9 Å². The third-order valence-corrected chi connectivity index (χ3v) is 6.98. The smallest absolute Gasteiger partial charge is 0.417 e. The molecule has 1 amide bonds. The molecule has 0 heterocycles. The molecule has 0 aliphatic rings. The predicted octanol–water partition coefficient (Wildman–Crippen LogP) is 4.38. The fraction of sp³-hybridized carbons (Fsp3) is 0.200. The van der Waals surface area contributed by atoms with Crippen molar-refractivity contribution in [1.29, 1.82) is 0 Å². The summed E-state index contributed by atoms with van der Waals surface area (Å²) in [6, 6.07) is 15.1. The standard InChI is InChI=1S/C25H24F3N3O5S/c1-17-8-11-20(12-9-17)37(33,34)31(22-13-10-19(35-2)14-23(22)36-3)16-24(32)30-29-15-18-6-4-5-7-21(18)25(26,27)28/h4-15H,16H2,1-3H3,(H,30,32)/b29-15-. The average Bonchev–Trinajstić information content (AvgIpc) is 2.87. The molecule has 3 aromatic carbocycles. The van der Waals surface area contributed by atoms with Crippen LogP contribution in [0.3, 0.4) is 0 Å². The quantitative estimate of drug-likeness (QED) is 0.324. The number of hydrogen-bond donors (Lipinski definition) is 1. The first-order valence-corrected chi connectivity index (χ1v) is 12.2. The Balaban J connectivity index is 1.94. The van der Waals surface area contributed by atoms with Crippen LogP contribution in [-0.2, 0) is 21.0 Å². The van der Waals surface area contributed by atoms with E-state index in [2.05, 4.69) is 10.5 Å². The molecule has 196 valence electrons. The van der Waals surface area contributed by atoms with Crippen molar-refractivity contribution in [2.45, 2.75) is 18.0 Å². The van der Waals surface area contributed by atoms with E-state index in [1.54, 1.807) is 19.1 Å². The fourth-order valence-electron chi connectivity index (χ4n) is 3.34. The second kappa shape index (κ2) is 11.3. The van der Waals surface area contributed by atoms with E-state index >= 15 is 0 Å². The van der Waals surface area contributed by atoms with Crippen LogP contribution in [0.2, 0.25) is 0 Å². The highest BCUT2D eigenvalue weighted by molar-refractivity contribution is 7.92. The van der Waals surface area contributed by atoms with Crippen LogP contribution in [0.15, 0.2) is 76.7 Å². The predicted molar refractivity (Wildman–Crippen MR) is 132 cm³/mol. The molecule has 37 heavy (non-hydrogen) atoms. The van der Waals surface area contributed by atoms with Gasteiger partial charge in [0.05, 0.1) is 36.6 Å². The first-order valence-electron chi connectivity index (χ1n) is 10.8. The van der Waals surface area contributed by atoms with Crippen LogP contribution in [0.25, 0.3) is 0 Å². The number of sulfonamides is 1. The van der Waals surface area contributed by atoms with E-state index < -0.39 is 34.2 Å². The summed E-state index contributed by atoms with van der Waals surface area (Å²) < 4.78 is 78.0. The normalized spacial score (nSPS) is 11.8. The number of hydrazone groups is 1. The van der Waals surface area contributed by atoms with Crippen molar-refractivity contribution in [3.05, 3.63) is 83.4 Å². The van der Waals surface area contributed by atoms with Crippen LogP contribution in [0.4, 0.5) is 18.9 Å². The van der Waals surface area contributed by atoms with Crippen molar-refractivity contribution in [2.75, 3.05) is 25.1 Å². The topological polar surface area (TPSA) is 97.3 Å². The number of amides is 1. The number of carbonyl (C=O) groups excluding carboxylic acids is 1. The summed E-state index contributed by atoms with van der Waals surface area (Å²) in [5.41, 5.74) is 1.77. The van der Waals surface area contributed by atoms with Gasteiger partial charge in [-0.2, -0.15) is 18.3 Å². The van der Waals surface area contributed by atoms with Crippen LogP contribution in [0.1, 0.15) is 16.7 Å². The minimum Gasteiger partial charge on any atom is -0.497 e. The first-order chi connectivity index (χ1) is 17.5. The largest absolute Gasteiger partial charge is 0.497 e. The molecule has 1 N–H and O–H groups in total. The fourth-order valence-corrected chi connectivity index (χ4v) is 4.77. The summed E-state index contributed by atoms with van der Waals surface area (Å²) in [6.07, 6.45) is -3.77. The highest BCUT2D eigenvalue weighted by atomic mass is 32.2. The number of alkyl halides is 3. The van der Waals surface area contributed by atoms with Crippen molar-refractivity contribution < 1.29 is 35.9 Å². The number of carbonyl (C=O) groups is 1. The maximum absolute atomic E-state index is 13.5. The molecule has 0 spiro atoms. The highest BCUT2D eigenvalue weighted by Gasteiger charge is 2.33. The number of nitrogens with one attached hydrogen (secondary N) is 1. The molecule has 0 atom stereocenters. The second-order valence-electron chi connectivity index (χ2n) is 7.74. The molecule has 0 bridgehead atoms. The lowest BCUT2D eigenvalue weighted by molar-refractivity contribution is -0.137. The van der Waals surface area contributed by atoms with Gasteiger partial charge >= 0.3 is 6.18 Å². The number of anilines is 1. The van der Waals surface area contributed by atoms with E-state index in [0.29, 0.717) is 5.75 Å². The van der Waals surface area contributed by atoms with Gasteiger partial charge in [0, 0.05) is 11.6 Å². The van der Waals surface area contributed by atoms with Crippen molar-refractivity contribution in [1.82, 2.24) is 5.43 Å². The highest BCUT2D eigenvalue weighted by Crippen LogP contribution is 2.35. The lowest BCUT2D eigenvalue weighted by Crippen LogP contribution is -2.39. The van der Waals surface area contributed by atoms with Gasteiger partial charge in [-0.1, -0.05) is 35.9 Å². The molecular weight excluding hydrogens is 511 g/mol. The van der Waals surface area contributed by atoms with Crippen molar-refractivity contribution in [2.24, 2.45) is 5.10 Å². The van der Waals surface area contributed by atoms with Gasteiger partial charge in [0.2, 0.25) is 0 Å². The zero-order valence-corrected chi connectivity index (χ0v) is 20.9. The molecule has 0 radical (unpaired) electrons. The van der Waals surface area contributed by atoms with Gasteiger partial charge in [-0.25, -0.2) is 13.8 Å². The van der Waals surface area contributed by atoms with Gasteiger partial charge in [-0.3, -0.25) is 9.10 Å². The zero-order chi connectivity index (χ0) is 27.2. The molecule has 0 aromatic heterocycles. The summed E-state index contributed by atoms with van der Waals surface area (Å²) in [4.78, 5) is 12.7. The van der Waals surface area contributed by atoms with Gasteiger partial charge in [0.1, 0.15) is 18.0 Å². The lowest BCUT2D eigenvalue weighted by Gasteiger charge is -2.25. The summed E-state index contributed by atoms with van der Waals surface area (Å²) in [7, 11) is -1.51. The zero-order valence-electron chi connectivity index (χ0n) is 20.1. The van der Waals surface area contributed by atoms with Gasteiger partial charge in [-0.05, 0) is 37.3 Å². The summed E-state index contributed by atoms with van der Waals surface area (Å²) in [5, 5.41) is 3.60. The molecule has 3 rings (SSSR count). The van der Waals surface area contributed by atoms with E-state index in [9.17, 15) is 26.4 Å². The van der Waals surface area contributed by atoms with Gasteiger partial charge in [0.25, 0.3) is 15.9 Å². The number of rotatable bonds is 9. The molecule has 0 saturated heterocycles. The Kier molecular flexibility index (Phi) is 8.43. The lowest BCUT2D eigenvalue weighted by atomic mass is 10.1. The number of aryl methyl sites for hydroxylation is 1. The monoisotopic (exact) mass is 535 g/mol. The Hall–Kier alpha value is -4.06. The Morgan fingerprint density at radius 1 is 1.03 bits per heavy atom. The number of benzene rings is 3. The third-order valence-electron chi connectivity index (χ3n) is 5.21. The summed E-state index contributed by atoms with van der Waals surface area (Å²) in [5.74, 6) is -0.384. The third kappa shape index (κ3) is 6.58. The van der Waals surface area contributed by atoms with Gasteiger partial charge in [0.15, 0.2) is 0 Å². The molecule has 0 aliphatic carbocycles.